The number of amides is 2. The molecular weight excluding hydrogens is 388 g/mol. The highest BCUT2D eigenvalue weighted by Gasteiger charge is 2.36. The molecule has 0 saturated carbocycles. The summed E-state index contributed by atoms with van der Waals surface area (Å²) in [5.74, 6) is -0.297. The number of benzene rings is 2. The van der Waals surface area contributed by atoms with E-state index >= 15 is 0 Å². The summed E-state index contributed by atoms with van der Waals surface area (Å²) < 4.78 is 21.4. The van der Waals surface area contributed by atoms with Crippen LogP contribution in [0.4, 0.5) is 0 Å². The van der Waals surface area contributed by atoms with Gasteiger partial charge in [-0.1, -0.05) is 12.1 Å². The van der Waals surface area contributed by atoms with Crippen LogP contribution in [0.1, 0.15) is 23.0 Å². The van der Waals surface area contributed by atoms with E-state index in [9.17, 15) is 9.59 Å². The van der Waals surface area contributed by atoms with Crippen LogP contribution in [0.3, 0.4) is 0 Å². The number of carbonyl (C=O) groups is 2. The first-order chi connectivity index (χ1) is 14.4. The molecule has 0 aliphatic carbocycles. The van der Waals surface area contributed by atoms with Crippen molar-refractivity contribution in [1.29, 1.82) is 0 Å². The van der Waals surface area contributed by atoms with E-state index in [0.29, 0.717) is 34.1 Å². The van der Waals surface area contributed by atoms with Crippen molar-refractivity contribution in [3.63, 3.8) is 0 Å². The molecule has 8 heteroatoms. The van der Waals surface area contributed by atoms with Gasteiger partial charge in [-0.25, -0.2) is 0 Å². The van der Waals surface area contributed by atoms with Gasteiger partial charge in [-0.2, -0.15) is 0 Å². The van der Waals surface area contributed by atoms with Gasteiger partial charge in [0.25, 0.3) is 0 Å². The number of hydrogen-bond acceptors (Lipinski definition) is 6. The van der Waals surface area contributed by atoms with Gasteiger partial charge in [0.2, 0.25) is 11.8 Å². The summed E-state index contributed by atoms with van der Waals surface area (Å²) in [6.45, 7) is 0. The Hall–Kier alpha value is -3.42. The molecule has 2 atom stereocenters. The van der Waals surface area contributed by atoms with E-state index in [-0.39, 0.29) is 11.8 Å². The van der Waals surface area contributed by atoms with Gasteiger partial charge in [0.15, 0.2) is 23.0 Å². The van der Waals surface area contributed by atoms with Crippen LogP contribution in [0.15, 0.2) is 36.4 Å². The lowest BCUT2D eigenvalue weighted by atomic mass is 9.79. The van der Waals surface area contributed by atoms with Gasteiger partial charge >= 0.3 is 0 Å². The maximum Gasteiger partial charge on any atom is 0.228 e. The van der Waals surface area contributed by atoms with Gasteiger partial charge in [0, 0.05) is 14.1 Å². The fraction of sp³-hybridized carbons (Fsp3) is 0.364. The van der Waals surface area contributed by atoms with Crippen LogP contribution >= 0.6 is 0 Å². The van der Waals surface area contributed by atoms with Crippen molar-refractivity contribution in [1.82, 2.24) is 10.6 Å². The van der Waals surface area contributed by atoms with Crippen LogP contribution in [0, 0.1) is 0 Å². The fourth-order valence-electron chi connectivity index (χ4n) is 3.39. The number of hydrogen-bond donors (Lipinski definition) is 2. The summed E-state index contributed by atoms with van der Waals surface area (Å²) in [5.41, 5.74) is 1.21. The summed E-state index contributed by atoms with van der Waals surface area (Å²) in [7, 11) is 9.16. The number of methoxy groups -OCH3 is 4. The molecule has 2 amide bonds. The Balaban J connectivity index is 2.68. The van der Waals surface area contributed by atoms with Gasteiger partial charge in [0.1, 0.15) is 0 Å². The average Bonchev–Trinajstić information content (AvgIpc) is 2.80. The molecule has 0 aliphatic rings. The van der Waals surface area contributed by atoms with E-state index in [2.05, 4.69) is 10.6 Å². The normalized spacial score (nSPS) is 12.3. The quantitative estimate of drug-likeness (QED) is 0.650. The molecule has 162 valence electrons. The number of nitrogens with one attached hydrogen (secondary N) is 2. The fourth-order valence-corrected chi connectivity index (χ4v) is 3.39. The first kappa shape index (κ1) is 22.9. The summed E-state index contributed by atoms with van der Waals surface area (Å²) in [6, 6.07) is 10.3. The molecule has 0 aromatic heterocycles. The Labute approximate surface area is 176 Å². The Bertz CT molecular complexity index is 826. The predicted molar refractivity (Wildman–Crippen MR) is 113 cm³/mol. The molecule has 0 spiro atoms. The smallest absolute Gasteiger partial charge is 0.228 e. The van der Waals surface area contributed by atoms with Crippen molar-refractivity contribution in [2.24, 2.45) is 0 Å². The minimum Gasteiger partial charge on any atom is -0.493 e. The number of ether oxygens (including phenoxy) is 4. The van der Waals surface area contributed by atoms with Crippen LogP contribution in [0.5, 0.6) is 23.0 Å². The van der Waals surface area contributed by atoms with E-state index < -0.39 is 11.8 Å². The standard InChI is InChI=1S/C22H28N2O6/c1-23-21(25)19(13-7-9-15(27-3)17(11-13)29-5)20(22(26)24-2)14-8-10-16(28-4)18(12-14)30-6/h7-12,19-20H,1-6H3,(H,23,25)(H,24,26)/t19-,20+. The second-order valence-corrected chi connectivity index (χ2v) is 6.41. The van der Waals surface area contributed by atoms with E-state index in [1.54, 1.807) is 36.4 Å². The third-order valence-corrected chi connectivity index (χ3v) is 4.92. The zero-order valence-electron chi connectivity index (χ0n) is 18.1. The Morgan fingerprint density at radius 3 is 1.23 bits per heavy atom. The molecule has 0 radical (unpaired) electrons. The average molecular weight is 416 g/mol. The first-order valence-corrected chi connectivity index (χ1v) is 9.32. The molecule has 0 saturated heterocycles. The third kappa shape index (κ3) is 4.59. The summed E-state index contributed by atoms with van der Waals surface area (Å²) in [5, 5.41) is 5.33. The van der Waals surface area contributed by atoms with Crippen LogP contribution in [0.2, 0.25) is 0 Å². The largest absolute Gasteiger partial charge is 0.493 e. The maximum absolute atomic E-state index is 13.0. The SMILES string of the molecule is CNC(=O)[C@H](c1ccc(OC)c(OC)c1)[C@@H](C(=O)NC)c1ccc(OC)c(OC)c1. The van der Waals surface area contributed by atoms with Crippen molar-refractivity contribution >= 4 is 11.8 Å². The molecule has 0 bridgehead atoms. The Kier molecular flexibility index (Phi) is 7.91. The highest BCUT2D eigenvalue weighted by atomic mass is 16.5. The zero-order chi connectivity index (χ0) is 22.3. The molecule has 2 aromatic carbocycles. The van der Waals surface area contributed by atoms with Crippen LogP contribution in [-0.2, 0) is 9.59 Å². The lowest BCUT2D eigenvalue weighted by Gasteiger charge is -2.26. The van der Waals surface area contributed by atoms with E-state index in [4.69, 9.17) is 18.9 Å². The van der Waals surface area contributed by atoms with Crippen LogP contribution in [-0.4, -0.2) is 54.3 Å². The highest BCUT2D eigenvalue weighted by Crippen LogP contribution is 2.40. The van der Waals surface area contributed by atoms with Crippen molar-refractivity contribution in [3.05, 3.63) is 47.5 Å². The molecule has 2 N–H and O–H groups in total. The lowest BCUT2D eigenvalue weighted by Crippen LogP contribution is -2.37. The molecule has 0 fully saturated rings. The lowest BCUT2D eigenvalue weighted by molar-refractivity contribution is -0.128. The molecule has 8 nitrogen and oxygen atoms in total. The van der Waals surface area contributed by atoms with Crippen molar-refractivity contribution in [3.8, 4) is 23.0 Å². The number of likely N-dealkylation sites (N-methyl/N-ethyl adjacent to an activating group) is 2. The topological polar surface area (TPSA) is 95.1 Å². The molecule has 30 heavy (non-hydrogen) atoms. The van der Waals surface area contributed by atoms with E-state index in [1.165, 1.54) is 42.5 Å². The van der Waals surface area contributed by atoms with Gasteiger partial charge in [-0.05, 0) is 35.4 Å². The van der Waals surface area contributed by atoms with Gasteiger partial charge < -0.3 is 29.6 Å². The zero-order valence-corrected chi connectivity index (χ0v) is 18.1. The first-order valence-electron chi connectivity index (χ1n) is 9.32. The summed E-state index contributed by atoms with van der Waals surface area (Å²) in [6.07, 6.45) is 0. The summed E-state index contributed by atoms with van der Waals surface area (Å²) in [4.78, 5) is 25.9. The number of rotatable bonds is 9. The van der Waals surface area contributed by atoms with Crippen molar-refractivity contribution in [2.75, 3.05) is 42.5 Å². The van der Waals surface area contributed by atoms with Crippen molar-refractivity contribution < 1.29 is 28.5 Å². The second-order valence-electron chi connectivity index (χ2n) is 6.41. The monoisotopic (exact) mass is 416 g/mol. The minimum atomic E-state index is -0.826. The van der Waals surface area contributed by atoms with E-state index in [1.807, 2.05) is 0 Å². The molecule has 0 heterocycles. The molecule has 2 aromatic rings. The molecule has 0 aliphatic heterocycles. The van der Waals surface area contributed by atoms with Gasteiger partial charge in [-0.3, -0.25) is 9.59 Å². The number of carbonyl (C=O) groups excluding carboxylic acids is 2. The minimum absolute atomic E-state index is 0.314. The Morgan fingerprint density at radius 1 is 0.633 bits per heavy atom. The van der Waals surface area contributed by atoms with Crippen LogP contribution < -0.4 is 29.6 Å². The molecule has 0 unspecified atom stereocenters. The highest BCUT2D eigenvalue weighted by molar-refractivity contribution is 5.94. The van der Waals surface area contributed by atoms with Gasteiger partial charge in [0.05, 0.1) is 40.3 Å². The van der Waals surface area contributed by atoms with Crippen LogP contribution in [0.25, 0.3) is 0 Å². The Morgan fingerprint density at radius 2 is 0.967 bits per heavy atom. The molecule has 2 rings (SSSR count). The third-order valence-electron chi connectivity index (χ3n) is 4.92. The maximum atomic E-state index is 13.0. The summed E-state index contributed by atoms with van der Waals surface area (Å²) >= 11 is 0. The molecular formula is C22H28N2O6. The van der Waals surface area contributed by atoms with Crippen molar-refractivity contribution in [2.45, 2.75) is 11.8 Å². The van der Waals surface area contributed by atoms with E-state index in [0.717, 1.165) is 0 Å². The predicted octanol–water partition coefficient (Wildman–Crippen LogP) is 2.08. The van der Waals surface area contributed by atoms with Gasteiger partial charge in [-0.15, -0.1) is 0 Å². The second kappa shape index (κ2) is 10.4.